The van der Waals surface area contributed by atoms with Crippen molar-refractivity contribution in [2.24, 2.45) is 0 Å². The Bertz CT molecular complexity index is 879. The summed E-state index contributed by atoms with van der Waals surface area (Å²) in [6.45, 7) is 9.27. The van der Waals surface area contributed by atoms with E-state index in [2.05, 4.69) is 45.9 Å². The predicted molar refractivity (Wildman–Crippen MR) is 102 cm³/mol. The first-order chi connectivity index (χ1) is 12.2. The van der Waals surface area contributed by atoms with Gasteiger partial charge in [0.15, 0.2) is 0 Å². The lowest BCUT2D eigenvalue weighted by Gasteiger charge is -2.42. The zero-order valence-corrected chi connectivity index (χ0v) is 15.9. The summed E-state index contributed by atoms with van der Waals surface area (Å²) in [4.78, 5) is 11.5. The molecular formula is C23H26O3. The molecule has 26 heavy (non-hydrogen) atoms. The fourth-order valence-electron chi connectivity index (χ4n) is 4.33. The van der Waals surface area contributed by atoms with Gasteiger partial charge in [-0.3, -0.25) is 0 Å². The smallest absolute Gasteiger partial charge is 0.336 e. The van der Waals surface area contributed by atoms with Crippen molar-refractivity contribution in [1.29, 1.82) is 0 Å². The summed E-state index contributed by atoms with van der Waals surface area (Å²) in [5.74, 6) is -0.900. The minimum Gasteiger partial charge on any atom is -0.478 e. The van der Waals surface area contributed by atoms with Crippen molar-refractivity contribution in [2.75, 3.05) is 0 Å². The summed E-state index contributed by atoms with van der Waals surface area (Å²) in [6.07, 6.45) is 2.15. The van der Waals surface area contributed by atoms with Crippen molar-refractivity contribution >= 4 is 5.97 Å². The van der Waals surface area contributed by atoms with Crippen molar-refractivity contribution in [2.45, 2.75) is 63.6 Å². The molecule has 1 aliphatic heterocycles. The van der Waals surface area contributed by atoms with E-state index in [0.717, 1.165) is 11.1 Å². The van der Waals surface area contributed by atoms with Crippen LogP contribution in [0.1, 0.15) is 85.4 Å². The maximum atomic E-state index is 11.5. The number of carbonyl (C=O) groups is 1. The monoisotopic (exact) mass is 350 g/mol. The number of rotatable bonds is 3. The van der Waals surface area contributed by atoms with Crippen molar-refractivity contribution < 1.29 is 14.6 Å². The average molecular weight is 350 g/mol. The molecule has 0 aromatic heterocycles. The Morgan fingerprint density at radius 1 is 0.962 bits per heavy atom. The van der Waals surface area contributed by atoms with Gasteiger partial charge in [0.05, 0.1) is 5.56 Å². The van der Waals surface area contributed by atoms with Crippen molar-refractivity contribution in [3.8, 4) is 0 Å². The van der Waals surface area contributed by atoms with Crippen molar-refractivity contribution in [1.82, 2.24) is 0 Å². The maximum absolute atomic E-state index is 11.5. The first-order valence-electron chi connectivity index (χ1n) is 9.33. The van der Waals surface area contributed by atoms with Gasteiger partial charge in [-0.2, -0.15) is 0 Å². The van der Waals surface area contributed by atoms with E-state index in [9.17, 15) is 9.90 Å². The van der Waals surface area contributed by atoms with Crippen LogP contribution >= 0.6 is 0 Å². The molecule has 1 heterocycles. The molecule has 1 N–H and O–H groups in total. The quantitative estimate of drug-likeness (QED) is 0.739. The molecule has 0 amide bonds. The molecule has 2 atom stereocenters. The van der Waals surface area contributed by atoms with Crippen LogP contribution in [-0.4, -0.2) is 11.1 Å². The summed E-state index contributed by atoms with van der Waals surface area (Å²) < 4.78 is 5.93. The Balaban J connectivity index is 1.69. The third kappa shape index (κ3) is 2.75. The van der Waals surface area contributed by atoms with E-state index in [1.807, 2.05) is 12.1 Å². The summed E-state index contributed by atoms with van der Waals surface area (Å²) in [5.41, 5.74) is 5.45. The molecule has 4 rings (SSSR count). The highest BCUT2D eigenvalue weighted by Gasteiger charge is 2.45. The first-order valence-corrected chi connectivity index (χ1v) is 9.33. The van der Waals surface area contributed by atoms with Gasteiger partial charge in [0.2, 0.25) is 0 Å². The molecule has 1 saturated heterocycles. The van der Waals surface area contributed by atoms with Crippen LogP contribution in [0.15, 0.2) is 42.5 Å². The van der Waals surface area contributed by atoms with Crippen LogP contribution in [0.2, 0.25) is 0 Å². The number of aromatic carboxylic acids is 1. The van der Waals surface area contributed by atoms with Crippen LogP contribution in [0.5, 0.6) is 0 Å². The Morgan fingerprint density at radius 2 is 1.62 bits per heavy atom. The molecule has 1 aliphatic carbocycles. The number of carboxylic acid groups (broad SMARTS) is 1. The molecule has 1 fully saturated rings. The predicted octanol–water partition coefficient (Wildman–Crippen LogP) is 5.55. The van der Waals surface area contributed by atoms with E-state index < -0.39 is 5.97 Å². The fourth-order valence-corrected chi connectivity index (χ4v) is 4.33. The first kappa shape index (κ1) is 17.3. The van der Waals surface area contributed by atoms with Crippen molar-refractivity contribution in [3.63, 3.8) is 0 Å². The topological polar surface area (TPSA) is 49.8 Å². The third-order valence-electron chi connectivity index (χ3n) is 6.19. The molecule has 2 aliphatic rings. The Hall–Kier alpha value is -2.13. The lowest BCUT2D eigenvalue weighted by molar-refractivity contribution is 0.0695. The van der Waals surface area contributed by atoms with Gasteiger partial charge in [0.1, 0.15) is 12.2 Å². The molecular weight excluding hydrogens is 324 g/mol. The summed E-state index contributed by atoms with van der Waals surface area (Å²) in [7, 11) is 0. The number of hydrogen-bond acceptors (Lipinski definition) is 2. The van der Waals surface area contributed by atoms with Gasteiger partial charge in [0, 0.05) is 0 Å². The number of hydrogen-bond donors (Lipinski definition) is 1. The number of benzene rings is 2. The lowest BCUT2D eigenvalue weighted by atomic mass is 9.63. The second-order valence-electron chi connectivity index (χ2n) is 8.94. The number of ether oxygens (including phenoxy) is 1. The highest BCUT2D eigenvalue weighted by molar-refractivity contribution is 5.89. The van der Waals surface area contributed by atoms with Crippen LogP contribution in [-0.2, 0) is 15.6 Å². The van der Waals surface area contributed by atoms with Crippen LogP contribution < -0.4 is 0 Å². The van der Waals surface area contributed by atoms with Gasteiger partial charge in [-0.05, 0) is 52.0 Å². The fraction of sp³-hybridized carbons (Fsp3) is 0.435. The Labute approximate surface area is 155 Å². The molecule has 2 unspecified atom stereocenters. The zero-order valence-electron chi connectivity index (χ0n) is 15.9. The van der Waals surface area contributed by atoms with Crippen LogP contribution in [0.3, 0.4) is 0 Å². The normalized spacial score (nSPS) is 25.4. The third-order valence-corrected chi connectivity index (χ3v) is 6.19. The van der Waals surface area contributed by atoms with Crippen molar-refractivity contribution in [3.05, 3.63) is 70.3 Å². The lowest BCUT2D eigenvalue weighted by Crippen LogP contribution is -2.33. The van der Waals surface area contributed by atoms with E-state index in [0.29, 0.717) is 5.56 Å². The molecule has 0 bridgehead atoms. The second-order valence-corrected chi connectivity index (χ2v) is 8.94. The van der Waals surface area contributed by atoms with Crippen LogP contribution in [0.4, 0.5) is 0 Å². The Morgan fingerprint density at radius 3 is 2.31 bits per heavy atom. The van der Waals surface area contributed by atoms with E-state index in [-0.39, 0.29) is 23.0 Å². The Kier molecular flexibility index (Phi) is 3.78. The minimum absolute atomic E-state index is 0.0540. The SMILES string of the molecule is CC1(C)CCC(C)(C)c2cc(C3OC3c3ccccc3C(=O)O)ccc21. The number of epoxide rings is 1. The summed E-state index contributed by atoms with van der Waals surface area (Å²) in [5, 5.41) is 9.43. The van der Waals surface area contributed by atoms with Gasteiger partial charge < -0.3 is 9.84 Å². The summed E-state index contributed by atoms with van der Waals surface area (Å²) in [6, 6.07) is 13.9. The molecule has 0 saturated carbocycles. The van der Waals surface area contributed by atoms with Gasteiger partial charge in [-0.15, -0.1) is 0 Å². The van der Waals surface area contributed by atoms with Gasteiger partial charge in [0.25, 0.3) is 0 Å². The molecule has 0 radical (unpaired) electrons. The van der Waals surface area contributed by atoms with Gasteiger partial charge in [-0.25, -0.2) is 4.79 Å². The molecule has 3 heteroatoms. The van der Waals surface area contributed by atoms with Crippen LogP contribution in [0.25, 0.3) is 0 Å². The number of carboxylic acids is 1. The molecule has 2 aromatic rings. The van der Waals surface area contributed by atoms with E-state index >= 15 is 0 Å². The van der Waals surface area contributed by atoms with E-state index in [1.165, 1.54) is 24.0 Å². The standard InChI is InChI=1S/C23H26O3/c1-22(2)11-12-23(3,4)18-13-14(9-10-17(18)22)19-20(26-19)15-7-5-6-8-16(15)21(24)25/h5-10,13,19-20H,11-12H2,1-4H3,(H,24,25). The molecule has 0 spiro atoms. The van der Waals surface area contributed by atoms with Gasteiger partial charge >= 0.3 is 5.97 Å². The minimum atomic E-state index is -0.900. The van der Waals surface area contributed by atoms with E-state index in [1.54, 1.807) is 12.1 Å². The summed E-state index contributed by atoms with van der Waals surface area (Å²) >= 11 is 0. The zero-order chi connectivity index (χ0) is 18.7. The van der Waals surface area contributed by atoms with E-state index in [4.69, 9.17) is 4.74 Å². The van der Waals surface area contributed by atoms with Crippen LogP contribution in [0, 0.1) is 0 Å². The maximum Gasteiger partial charge on any atom is 0.336 e. The van der Waals surface area contributed by atoms with Gasteiger partial charge in [-0.1, -0.05) is 64.1 Å². The molecule has 136 valence electrons. The number of fused-ring (bicyclic) bond motifs is 1. The largest absolute Gasteiger partial charge is 0.478 e. The average Bonchev–Trinajstić information content (AvgIpc) is 3.39. The molecule has 2 aromatic carbocycles. The second kappa shape index (κ2) is 5.68. The highest BCUT2D eigenvalue weighted by atomic mass is 16.6. The molecule has 3 nitrogen and oxygen atoms in total. The highest BCUT2D eigenvalue weighted by Crippen LogP contribution is 2.54.